The molecule has 0 aliphatic heterocycles. The lowest BCUT2D eigenvalue weighted by molar-refractivity contribution is 0.601. The highest BCUT2D eigenvalue weighted by Crippen LogP contribution is 2.41. The predicted octanol–water partition coefficient (Wildman–Crippen LogP) is 5.66. The van der Waals surface area contributed by atoms with E-state index in [0.717, 1.165) is 0 Å². The summed E-state index contributed by atoms with van der Waals surface area (Å²) in [6, 6.07) is 13.2. The van der Waals surface area contributed by atoms with Crippen LogP contribution in [0.15, 0.2) is 36.4 Å². The van der Waals surface area contributed by atoms with Crippen LogP contribution in [-0.4, -0.2) is 0 Å². The monoisotopic (exact) mass is 254 g/mol. The zero-order valence-electron chi connectivity index (χ0n) is 11.4. The molecular formula is C17H18S. The summed E-state index contributed by atoms with van der Waals surface area (Å²) in [5.74, 6) is 0. The Balaban J connectivity index is 2.46. The number of rotatable bonds is 0. The minimum atomic E-state index is 0.231. The molecule has 3 rings (SSSR count). The fourth-order valence-electron chi connectivity index (χ4n) is 2.66. The molecule has 3 aromatic rings. The van der Waals surface area contributed by atoms with Crippen LogP contribution in [-0.2, 0) is 5.41 Å². The second-order valence-electron chi connectivity index (χ2n) is 5.97. The summed E-state index contributed by atoms with van der Waals surface area (Å²) >= 11 is 1.96. The van der Waals surface area contributed by atoms with Gasteiger partial charge in [0.05, 0.1) is 0 Å². The molecule has 0 bridgehead atoms. The summed E-state index contributed by atoms with van der Waals surface area (Å²) in [6.07, 6.45) is 0. The maximum absolute atomic E-state index is 2.30. The van der Waals surface area contributed by atoms with Gasteiger partial charge in [0, 0.05) is 9.58 Å². The van der Waals surface area contributed by atoms with Crippen LogP contribution in [0.2, 0.25) is 0 Å². The highest BCUT2D eigenvalue weighted by atomic mass is 32.1. The summed E-state index contributed by atoms with van der Waals surface area (Å²) in [5.41, 5.74) is 1.68. The van der Waals surface area contributed by atoms with Crippen molar-refractivity contribution in [2.75, 3.05) is 0 Å². The highest BCUT2D eigenvalue weighted by molar-refractivity contribution is 7.20. The Morgan fingerprint density at radius 1 is 0.889 bits per heavy atom. The highest BCUT2D eigenvalue weighted by Gasteiger charge is 2.21. The fraction of sp³-hybridized carbons (Fsp3) is 0.294. The first-order chi connectivity index (χ1) is 8.48. The normalized spacial score (nSPS) is 12.4. The minimum Gasteiger partial charge on any atom is -0.139 e. The average Bonchev–Trinajstić information content (AvgIpc) is 2.67. The van der Waals surface area contributed by atoms with E-state index in [-0.39, 0.29) is 5.41 Å². The maximum Gasteiger partial charge on any atom is 0.0427 e. The van der Waals surface area contributed by atoms with E-state index in [1.165, 1.54) is 31.3 Å². The van der Waals surface area contributed by atoms with Gasteiger partial charge in [0.25, 0.3) is 0 Å². The van der Waals surface area contributed by atoms with Crippen LogP contribution in [0, 0.1) is 6.92 Å². The van der Waals surface area contributed by atoms with Crippen LogP contribution in [0.1, 0.15) is 31.2 Å². The summed E-state index contributed by atoms with van der Waals surface area (Å²) in [4.78, 5) is 1.51. The van der Waals surface area contributed by atoms with Gasteiger partial charge in [-0.05, 0) is 34.1 Å². The standard InChI is InChI=1S/C17H18S/c1-11-13-10-9-12-7-5-6-8-14(12)15(13)18-16(11)17(2,3)4/h5-10H,1-4H3. The van der Waals surface area contributed by atoms with E-state index in [4.69, 9.17) is 0 Å². The number of aryl methyl sites for hydroxylation is 1. The predicted molar refractivity (Wildman–Crippen MR) is 82.8 cm³/mol. The number of thiophene rings is 1. The molecule has 0 aliphatic rings. The Kier molecular flexibility index (Phi) is 2.49. The maximum atomic E-state index is 2.30. The van der Waals surface area contributed by atoms with Crippen LogP contribution in [0.4, 0.5) is 0 Å². The van der Waals surface area contributed by atoms with Crippen LogP contribution < -0.4 is 0 Å². The smallest absolute Gasteiger partial charge is 0.0427 e. The molecule has 0 unspecified atom stereocenters. The molecule has 1 aromatic heterocycles. The van der Waals surface area contributed by atoms with Crippen molar-refractivity contribution in [3.8, 4) is 0 Å². The van der Waals surface area contributed by atoms with Crippen LogP contribution in [0.25, 0.3) is 20.9 Å². The zero-order chi connectivity index (χ0) is 12.9. The molecule has 92 valence electrons. The second kappa shape index (κ2) is 3.83. The number of benzene rings is 2. The van der Waals surface area contributed by atoms with Crippen molar-refractivity contribution >= 4 is 32.2 Å². The van der Waals surface area contributed by atoms with E-state index in [1.807, 2.05) is 11.3 Å². The van der Waals surface area contributed by atoms with Crippen LogP contribution >= 0.6 is 11.3 Å². The van der Waals surface area contributed by atoms with Gasteiger partial charge in [0.15, 0.2) is 0 Å². The Bertz CT molecular complexity index is 726. The van der Waals surface area contributed by atoms with E-state index in [9.17, 15) is 0 Å². The van der Waals surface area contributed by atoms with Crippen molar-refractivity contribution < 1.29 is 0 Å². The van der Waals surface area contributed by atoms with E-state index < -0.39 is 0 Å². The van der Waals surface area contributed by atoms with Crippen molar-refractivity contribution in [3.63, 3.8) is 0 Å². The summed E-state index contributed by atoms with van der Waals surface area (Å²) in [6.45, 7) is 9.15. The third-order valence-corrected chi connectivity index (χ3v) is 5.28. The van der Waals surface area contributed by atoms with E-state index in [0.29, 0.717) is 0 Å². The number of fused-ring (bicyclic) bond motifs is 3. The van der Waals surface area contributed by atoms with Crippen molar-refractivity contribution in [2.45, 2.75) is 33.1 Å². The SMILES string of the molecule is Cc1c(C(C)(C)C)sc2c1ccc1ccccc12. The van der Waals surface area contributed by atoms with Gasteiger partial charge in [0.1, 0.15) is 0 Å². The van der Waals surface area contributed by atoms with Gasteiger partial charge in [-0.2, -0.15) is 0 Å². The molecule has 0 aliphatic carbocycles. The molecule has 0 N–H and O–H groups in total. The third kappa shape index (κ3) is 1.65. The summed E-state index contributed by atoms with van der Waals surface area (Å²) in [5, 5.41) is 4.15. The molecule has 1 heterocycles. The lowest BCUT2D eigenvalue weighted by atomic mass is 9.91. The largest absolute Gasteiger partial charge is 0.139 e. The molecule has 1 heteroatoms. The van der Waals surface area contributed by atoms with Gasteiger partial charge >= 0.3 is 0 Å². The first-order valence-corrected chi connectivity index (χ1v) is 7.21. The first kappa shape index (κ1) is 11.7. The molecule has 18 heavy (non-hydrogen) atoms. The molecule has 0 saturated carbocycles. The van der Waals surface area contributed by atoms with Gasteiger partial charge < -0.3 is 0 Å². The fourth-order valence-corrected chi connectivity index (χ4v) is 4.07. The van der Waals surface area contributed by atoms with Gasteiger partial charge in [0.2, 0.25) is 0 Å². The van der Waals surface area contributed by atoms with E-state index >= 15 is 0 Å². The second-order valence-corrected chi connectivity index (χ2v) is 6.99. The van der Waals surface area contributed by atoms with Gasteiger partial charge in [-0.15, -0.1) is 11.3 Å². The third-order valence-electron chi connectivity index (χ3n) is 3.51. The first-order valence-electron chi connectivity index (χ1n) is 6.40. The molecule has 0 atom stereocenters. The van der Waals surface area contributed by atoms with Crippen molar-refractivity contribution in [1.29, 1.82) is 0 Å². The van der Waals surface area contributed by atoms with Crippen molar-refractivity contribution in [1.82, 2.24) is 0 Å². The number of hydrogen-bond donors (Lipinski definition) is 0. The van der Waals surface area contributed by atoms with E-state index in [1.54, 1.807) is 0 Å². The molecule has 0 nitrogen and oxygen atoms in total. The Labute approximate surface area is 112 Å². The van der Waals surface area contributed by atoms with Crippen LogP contribution in [0.3, 0.4) is 0 Å². The lowest BCUT2D eigenvalue weighted by Gasteiger charge is -2.17. The Morgan fingerprint density at radius 2 is 1.61 bits per heavy atom. The Morgan fingerprint density at radius 3 is 2.33 bits per heavy atom. The summed E-state index contributed by atoms with van der Waals surface area (Å²) < 4.78 is 1.44. The van der Waals surface area contributed by atoms with Crippen LogP contribution in [0.5, 0.6) is 0 Å². The molecule has 0 spiro atoms. The van der Waals surface area contributed by atoms with Gasteiger partial charge in [-0.3, -0.25) is 0 Å². The zero-order valence-corrected chi connectivity index (χ0v) is 12.2. The average molecular weight is 254 g/mol. The lowest BCUT2D eigenvalue weighted by Crippen LogP contribution is -2.09. The van der Waals surface area contributed by atoms with Crippen molar-refractivity contribution in [2.24, 2.45) is 0 Å². The van der Waals surface area contributed by atoms with Crippen molar-refractivity contribution in [3.05, 3.63) is 46.8 Å². The van der Waals surface area contributed by atoms with Gasteiger partial charge in [-0.25, -0.2) is 0 Å². The van der Waals surface area contributed by atoms with E-state index in [2.05, 4.69) is 64.1 Å². The number of hydrogen-bond acceptors (Lipinski definition) is 1. The molecule has 2 aromatic carbocycles. The van der Waals surface area contributed by atoms with Gasteiger partial charge in [-0.1, -0.05) is 57.2 Å². The quantitative estimate of drug-likeness (QED) is 0.485. The molecular weight excluding hydrogens is 236 g/mol. The minimum absolute atomic E-state index is 0.231. The molecule has 0 saturated heterocycles. The topological polar surface area (TPSA) is 0 Å². The molecule has 0 radical (unpaired) electrons. The molecule has 0 amide bonds. The Hall–Kier alpha value is -1.34. The molecule has 0 fully saturated rings. The summed E-state index contributed by atoms with van der Waals surface area (Å²) in [7, 11) is 0.